The summed E-state index contributed by atoms with van der Waals surface area (Å²) in [4.78, 5) is 16.7. The largest absolute Gasteiger partial charge is 0.441 e. The van der Waals surface area contributed by atoms with Gasteiger partial charge in [0.2, 0.25) is 0 Å². The first-order chi connectivity index (χ1) is 10.7. The minimum Gasteiger partial charge on any atom is -0.441 e. The van der Waals surface area contributed by atoms with Crippen molar-refractivity contribution in [2.75, 3.05) is 5.32 Å². The van der Waals surface area contributed by atoms with Gasteiger partial charge in [-0.25, -0.2) is 4.98 Å². The van der Waals surface area contributed by atoms with E-state index in [-0.39, 0.29) is 5.91 Å². The van der Waals surface area contributed by atoms with Gasteiger partial charge in [-0.2, -0.15) is 5.10 Å². The second kappa shape index (κ2) is 4.98. The Bertz CT molecular complexity index is 862. The summed E-state index contributed by atoms with van der Waals surface area (Å²) >= 11 is 0. The lowest BCUT2D eigenvalue weighted by Gasteiger charge is -2.11. The molecule has 1 aliphatic carbocycles. The van der Waals surface area contributed by atoms with Gasteiger partial charge in [0.25, 0.3) is 5.91 Å². The number of aromatic nitrogens is 3. The van der Waals surface area contributed by atoms with Crippen molar-refractivity contribution in [3.05, 3.63) is 41.0 Å². The lowest BCUT2D eigenvalue weighted by atomic mass is 9.96. The van der Waals surface area contributed by atoms with Crippen molar-refractivity contribution in [3.8, 4) is 0 Å². The zero-order valence-electron chi connectivity index (χ0n) is 12.3. The van der Waals surface area contributed by atoms with Gasteiger partial charge in [-0.05, 0) is 37.8 Å². The van der Waals surface area contributed by atoms with Crippen LogP contribution in [0.3, 0.4) is 0 Å². The maximum Gasteiger partial charge on any atom is 0.276 e. The number of nitrogens with one attached hydrogen (secondary N) is 2. The fourth-order valence-corrected chi connectivity index (χ4v) is 2.98. The predicted octanol–water partition coefficient (Wildman–Crippen LogP) is 2.99. The van der Waals surface area contributed by atoms with Crippen LogP contribution in [-0.2, 0) is 12.8 Å². The number of hydrogen-bond donors (Lipinski definition) is 2. The molecule has 4 rings (SSSR count). The van der Waals surface area contributed by atoms with Crippen molar-refractivity contribution in [3.63, 3.8) is 0 Å². The highest BCUT2D eigenvalue weighted by Crippen LogP contribution is 2.24. The summed E-state index contributed by atoms with van der Waals surface area (Å²) in [7, 11) is 0. The number of H-pyrrole nitrogens is 1. The maximum absolute atomic E-state index is 12.4. The molecule has 1 aliphatic rings. The normalized spacial score (nSPS) is 14.0. The smallest absolute Gasteiger partial charge is 0.276 e. The Morgan fingerprint density at radius 1 is 1.32 bits per heavy atom. The van der Waals surface area contributed by atoms with E-state index in [9.17, 15) is 4.79 Å². The van der Waals surface area contributed by atoms with Gasteiger partial charge in [-0.3, -0.25) is 9.89 Å². The minimum atomic E-state index is -0.185. The molecule has 0 bridgehead atoms. The number of carbonyl (C=O) groups excluding carboxylic acids is 1. The summed E-state index contributed by atoms with van der Waals surface area (Å²) in [6.07, 6.45) is 4.14. The van der Waals surface area contributed by atoms with Crippen LogP contribution >= 0.6 is 0 Å². The third kappa shape index (κ3) is 2.16. The molecule has 0 unspecified atom stereocenters. The molecule has 0 aliphatic heterocycles. The van der Waals surface area contributed by atoms with Crippen LogP contribution in [-0.4, -0.2) is 21.1 Å². The van der Waals surface area contributed by atoms with Gasteiger partial charge >= 0.3 is 0 Å². The van der Waals surface area contributed by atoms with Crippen molar-refractivity contribution >= 4 is 22.7 Å². The molecule has 0 saturated heterocycles. The predicted molar refractivity (Wildman–Crippen MR) is 81.9 cm³/mol. The Morgan fingerprint density at radius 2 is 2.18 bits per heavy atom. The van der Waals surface area contributed by atoms with E-state index in [2.05, 4.69) is 20.5 Å². The molecule has 1 aromatic carbocycles. The van der Waals surface area contributed by atoms with Crippen LogP contribution in [0.5, 0.6) is 0 Å². The van der Waals surface area contributed by atoms with Gasteiger partial charge in [-0.1, -0.05) is 0 Å². The number of nitrogens with zero attached hydrogens (tertiary/aromatic N) is 2. The molecule has 0 spiro atoms. The number of fused-ring (bicyclic) bond motifs is 2. The number of aryl methyl sites for hydroxylation is 2. The average Bonchev–Trinajstić information content (AvgIpc) is 3.09. The number of hydrogen-bond acceptors (Lipinski definition) is 4. The molecule has 2 aromatic heterocycles. The lowest BCUT2D eigenvalue weighted by Crippen LogP contribution is -2.15. The topological polar surface area (TPSA) is 83.8 Å². The SMILES string of the molecule is Cc1nc2ccc(NC(=O)c3n[nH]c4c3CCCC4)cc2o1. The summed E-state index contributed by atoms with van der Waals surface area (Å²) in [6.45, 7) is 1.80. The lowest BCUT2D eigenvalue weighted by molar-refractivity contribution is 0.102. The van der Waals surface area contributed by atoms with Crippen LogP contribution in [0.1, 0.15) is 40.5 Å². The van der Waals surface area contributed by atoms with Crippen molar-refractivity contribution in [1.29, 1.82) is 0 Å². The summed E-state index contributed by atoms with van der Waals surface area (Å²) in [5.41, 5.74) is 4.79. The highest BCUT2D eigenvalue weighted by atomic mass is 16.3. The molecular weight excluding hydrogens is 280 g/mol. The maximum atomic E-state index is 12.4. The molecule has 1 amide bonds. The number of carbonyl (C=O) groups is 1. The number of anilines is 1. The van der Waals surface area contributed by atoms with E-state index in [0.29, 0.717) is 22.9 Å². The van der Waals surface area contributed by atoms with Crippen molar-refractivity contribution in [2.45, 2.75) is 32.6 Å². The van der Waals surface area contributed by atoms with Crippen LogP contribution in [0.4, 0.5) is 5.69 Å². The van der Waals surface area contributed by atoms with E-state index in [1.807, 2.05) is 12.1 Å². The van der Waals surface area contributed by atoms with Crippen LogP contribution in [0.2, 0.25) is 0 Å². The molecule has 2 N–H and O–H groups in total. The first-order valence-electron chi connectivity index (χ1n) is 7.45. The van der Waals surface area contributed by atoms with Crippen LogP contribution in [0.25, 0.3) is 11.1 Å². The highest BCUT2D eigenvalue weighted by molar-refractivity contribution is 6.04. The zero-order chi connectivity index (χ0) is 15.1. The van der Waals surface area contributed by atoms with Crippen LogP contribution in [0, 0.1) is 6.92 Å². The quantitative estimate of drug-likeness (QED) is 0.761. The summed E-state index contributed by atoms with van der Waals surface area (Å²) in [5.74, 6) is 0.426. The third-order valence-corrected chi connectivity index (χ3v) is 4.02. The molecule has 6 nitrogen and oxygen atoms in total. The van der Waals surface area contributed by atoms with Crippen LogP contribution in [0.15, 0.2) is 22.6 Å². The zero-order valence-corrected chi connectivity index (χ0v) is 12.3. The molecule has 2 heterocycles. The number of benzene rings is 1. The Kier molecular flexibility index (Phi) is 2.96. The van der Waals surface area contributed by atoms with Crippen molar-refractivity contribution in [1.82, 2.24) is 15.2 Å². The van der Waals surface area contributed by atoms with Gasteiger partial charge in [-0.15, -0.1) is 0 Å². The first kappa shape index (κ1) is 13.1. The molecule has 0 radical (unpaired) electrons. The molecular formula is C16H16N4O2. The second-order valence-electron chi connectivity index (χ2n) is 5.61. The fourth-order valence-electron chi connectivity index (χ4n) is 2.98. The van der Waals surface area contributed by atoms with E-state index in [1.54, 1.807) is 13.0 Å². The number of amides is 1. The monoisotopic (exact) mass is 296 g/mol. The summed E-state index contributed by atoms with van der Waals surface area (Å²) < 4.78 is 5.49. The summed E-state index contributed by atoms with van der Waals surface area (Å²) in [5, 5.41) is 10.1. The second-order valence-corrected chi connectivity index (χ2v) is 5.61. The molecule has 112 valence electrons. The molecule has 3 aromatic rings. The van der Waals surface area contributed by atoms with E-state index >= 15 is 0 Å². The van der Waals surface area contributed by atoms with Gasteiger partial charge in [0, 0.05) is 29.9 Å². The van der Waals surface area contributed by atoms with Gasteiger partial charge in [0.05, 0.1) is 0 Å². The van der Waals surface area contributed by atoms with E-state index < -0.39 is 0 Å². The Morgan fingerprint density at radius 3 is 3.09 bits per heavy atom. The third-order valence-electron chi connectivity index (χ3n) is 4.02. The average molecular weight is 296 g/mol. The van der Waals surface area contributed by atoms with E-state index in [4.69, 9.17) is 4.42 Å². The number of oxazole rings is 1. The molecule has 0 atom stereocenters. The van der Waals surface area contributed by atoms with Gasteiger partial charge < -0.3 is 9.73 Å². The summed E-state index contributed by atoms with van der Waals surface area (Å²) in [6, 6.07) is 5.44. The van der Waals surface area contributed by atoms with E-state index in [1.165, 1.54) is 0 Å². The van der Waals surface area contributed by atoms with Gasteiger partial charge in [0.1, 0.15) is 5.52 Å². The van der Waals surface area contributed by atoms with Gasteiger partial charge in [0.15, 0.2) is 17.2 Å². The fraction of sp³-hybridized carbons (Fsp3) is 0.312. The number of aromatic amines is 1. The van der Waals surface area contributed by atoms with E-state index in [0.717, 1.165) is 42.5 Å². The standard InChI is InChI=1S/C16H16N4O2/c1-9-17-13-7-6-10(8-14(13)22-9)18-16(21)15-11-4-2-3-5-12(11)19-20-15/h6-8H,2-5H2,1H3,(H,18,21)(H,19,20). The van der Waals surface area contributed by atoms with Crippen molar-refractivity contribution < 1.29 is 9.21 Å². The first-order valence-corrected chi connectivity index (χ1v) is 7.45. The molecule has 22 heavy (non-hydrogen) atoms. The minimum absolute atomic E-state index is 0.185. The highest BCUT2D eigenvalue weighted by Gasteiger charge is 2.21. The van der Waals surface area contributed by atoms with Crippen molar-refractivity contribution in [2.24, 2.45) is 0 Å². The molecule has 0 saturated carbocycles. The molecule has 6 heteroatoms. The Hall–Kier alpha value is -2.63. The Balaban J connectivity index is 1.61. The molecule has 0 fully saturated rings. The number of rotatable bonds is 2. The Labute approximate surface area is 126 Å². The van der Waals surface area contributed by atoms with Crippen LogP contribution < -0.4 is 5.32 Å².